The van der Waals surface area contributed by atoms with Crippen molar-refractivity contribution in [2.24, 2.45) is 15.3 Å². The van der Waals surface area contributed by atoms with Crippen molar-refractivity contribution in [2.45, 2.75) is 62.2 Å². The number of unbranched alkanes of at least 4 members (excludes halogenated alkanes) is 4. The van der Waals surface area contributed by atoms with Gasteiger partial charge in [0.25, 0.3) is 0 Å². The molecule has 0 unspecified atom stereocenters. The molecule has 1 amide bonds. The molecule has 15 nitrogen and oxygen atoms in total. The number of carbonyl (C=O) groups excluding carboxylic acids is 1. The smallest absolute Gasteiger partial charge is 0.744 e. The van der Waals surface area contributed by atoms with Crippen LogP contribution in [-0.2, 0) is 25.0 Å². The van der Waals surface area contributed by atoms with Crippen LogP contribution in [0.3, 0.4) is 0 Å². The molecule has 0 aromatic heterocycles. The number of hydrogen-bond donors (Lipinski definition) is 3. The maximum absolute atomic E-state index is 12.5. The molecule has 0 aliphatic carbocycles. The maximum Gasteiger partial charge on any atom is 1.00 e. The van der Waals surface area contributed by atoms with Crippen LogP contribution < -0.4 is 70.2 Å². The molecule has 0 heterocycles. The van der Waals surface area contributed by atoms with Crippen LogP contribution >= 0.6 is 0 Å². The minimum atomic E-state index is -5.32. The van der Waals surface area contributed by atoms with E-state index in [-0.39, 0.29) is 76.1 Å². The second-order valence-corrected chi connectivity index (χ2v) is 14.0. The predicted molar refractivity (Wildman–Crippen MR) is 182 cm³/mol. The molecule has 19 heteroatoms. The van der Waals surface area contributed by atoms with E-state index in [9.17, 15) is 35.8 Å². The van der Waals surface area contributed by atoms with E-state index in [0.717, 1.165) is 54.9 Å². The first-order chi connectivity index (χ1) is 23.1. The van der Waals surface area contributed by atoms with E-state index < -0.39 is 46.9 Å². The normalized spacial score (nSPS) is 11.5. The number of nitrogens with zero attached hydrogens (tertiary/aromatic N) is 5. The molecule has 51 heavy (non-hydrogen) atoms. The molecule has 4 aromatic carbocycles. The average Bonchev–Trinajstić information content (AvgIpc) is 3.02. The predicted octanol–water partition coefficient (Wildman–Crippen LogP) is 1.23. The molecule has 0 aliphatic rings. The number of hydrogen-bond acceptors (Lipinski definition) is 12. The summed E-state index contributed by atoms with van der Waals surface area (Å²) in [5.41, 5.74) is 17.6. The van der Waals surface area contributed by atoms with Gasteiger partial charge in [0.05, 0.1) is 26.6 Å². The first-order valence-corrected chi connectivity index (χ1v) is 17.9. The third-order valence-electron chi connectivity index (χ3n) is 7.78. The van der Waals surface area contributed by atoms with Crippen LogP contribution in [0.25, 0.3) is 32.3 Å². The van der Waals surface area contributed by atoms with Gasteiger partial charge in [0.15, 0.2) is 5.75 Å². The molecular formula is C32H33N7Na2O8S2. The summed E-state index contributed by atoms with van der Waals surface area (Å²) in [5, 5.41) is 24.6. The Morgan fingerprint density at radius 1 is 0.824 bits per heavy atom. The molecule has 0 fully saturated rings. The van der Waals surface area contributed by atoms with Crippen molar-refractivity contribution in [3.8, 4) is 16.9 Å². The number of phenols is 1. The molecule has 0 spiro atoms. The van der Waals surface area contributed by atoms with Crippen LogP contribution in [0.1, 0.15) is 49.7 Å². The number of phenolic OH excluding ortho intramolecular Hbond substituents is 1. The maximum atomic E-state index is 12.5. The van der Waals surface area contributed by atoms with Gasteiger partial charge in [-0.1, -0.05) is 42.6 Å². The summed E-state index contributed by atoms with van der Waals surface area (Å²) >= 11 is 0. The van der Waals surface area contributed by atoms with Crippen LogP contribution in [0.15, 0.2) is 79.7 Å². The standard InChI is InChI=1S/C32H35N7O8S2.2Na/c1-19-16-21(9-12-24(19)36-29(40)8-6-4-3-5-7-15-35-39-34)22-10-13-25(20(2)17-22)37-38-26-14-11-23-27(48(42,43)44)18-28(49(45,46)47)31(33)30(23)32(26)41;;/h9-14,16-18,41H,3-8,15,33H2,1-2H3,(H,36,40)(H,42,43,44)(H,45,46,47);;/q;2*+1/p-2. The van der Waals surface area contributed by atoms with Crippen LogP contribution in [-0.4, -0.2) is 43.5 Å². The molecule has 0 saturated carbocycles. The van der Waals surface area contributed by atoms with Gasteiger partial charge in [-0.3, -0.25) is 4.79 Å². The Balaban J connectivity index is 0.00000451. The summed E-state index contributed by atoms with van der Waals surface area (Å²) in [6.45, 7) is 4.17. The number of carbonyl (C=O) groups is 1. The van der Waals surface area contributed by atoms with Crippen LogP contribution in [0, 0.1) is 13.8 Å². The zero-order chi connectivity index (χ0) is 35.9. The summed E-state index contributed by atoms with van der Waals surface area (Å²) in [4.78, 5) is 13.0. The van der Waals surface area contributed by atoms with Crippen molar-refractivity contribution in [1.82, 2.24) is 0 Å². The number of azo groups is 1. The fraction of sp³-hybridized carbons (Fsp3) is 0.281. The first-order valence-electron chi connectivity index (χ1n) is 15.1. The van der Waals surface area contributed by atoms with E-state index >= 15 is 0 Å². The fourth-order valence-electron chi connectivity index (χ4n) is 5.24. The minimum absolute atomic E-state index is 0. The van der Waals surface area contributed by atoms with E-state index in [1.54, 1.807) is 19.1 Å². The van der Waals surface area contributed by atoms with Gasteiger partial charge >= 0.3 is 59.1 Å². The summed E-state index contributed by atoms with van der Waals surface area (Å²) in [6, 6.07) is 13.7. The van der Waals surface area contributed by atoms with E-state index in [4.69, 9.17) is 11.3 Å². The number of nitrogens with two attached hydrogens (primary N) is 1. The summed E-state index contributed by atoms with van der Waals surface area (Å²) in [7, 11) is -10.6. The third kappa shape index (κ3) is 11.5. The molecule has 0 atom stereocenters. The Hall–Kier alpha value is -3.06. The summed E-state index contributed by atoms with van der Waals surface area (Å²) in [5.74, 6) is -0.840. The zero-order valence-corrected chi connectivity index (χ0v) is 34.2. The van der Waals surface area contributed by atoms with Crippen molar-refractivity contribution in [2.75, 3.05) is 17.6 Å². The largest absolute Gasteiger partial charge is 1.00 e. The number of nitrogen functional groups attached to an aromatic ring is 1. The second kappa shape index (κ2) is 19.1. The third-order valence-corrected chi connectivity index (χ3v) is 9.53. The molecule has 4 N–H and O–H groups in total. The van der Waals surface area contributed by atoms with E-state index in [2.05, 4.69) is 25.6 Å². The average molecular weight is 754 g/mol. The van der Waals surface area contributed by atoms with Gasteiger partial charge in [-0.2, -0.15) is 5.11 Å². The van der Waals surface area contributed by atoms with Crippen molar-refractivity contribution >= 4 is 59.7 Å². The van der Waals surface area contributed by atoms with Gasteiger partial charge in [-0.05, 0) is 90.9 Å². The van der Waals surface area contributed by atoms with Gasteiger partial charge < -0.3 is 25.3 Å². The van der Waals surface area contributed by atoms with Crippen LogP contribution in [0.4, 0.5) is 22.7 Å². The molecule has 0 aliphatic heterocycles. The van der Waals surface area contributed by atoms with Crippen LogP contribution in [0.5, 0.6) is 5.75 Å². The number of azide groups is 1. The van der Waals surface area contributed by atoms with Gasteiger partial charge in [0.1, 0.15) is 25.9 Å². The van der Waals surface area contributed by atoms with Gasteiger partial charge in [-0.25, -0.2) is 16.8 Å². The van der Waals surface area contributed by atoms with E-state index in [0.29, 0.717) is 36.0 Å². The van der Waals surface area contributed by atoms with E-state index in [1.807, 2.05) is 31.2 Å². The number of benzene rings is 4. The number of rotatable bonds is 14. The van der Waals surface area contributed by atoms with E-state index in [1.165, 1.54) is 6.07 Å². The van der Waals surface area contributed by atoms with Crippen LogP contribution in [0.2, 0.25) is 0 Å². The monoisotopic (exact) mass is 753 g/mol. The quantitative estimate of drug-likeness (QED) is 0.0318. The topological polar surface area (TPSA) is 263 Å². The molecule has 4 rings (SSSR count). The number of fused-ring (bicyclic) bond motifs is 1. The van der Waals surface area contributed by atoms with Gasteiger partial charge in [0.2, 0.25) is 5.91 Å². The Morgan fingerprint density at radius 2 is 1.39 bits per heavy atom. The van der Waals surface area contributed by atoms with Crippen molar-refractivity contribution in [3.05, 3.63) is 76.2 Å². The minimum Gasteiger partial charge on any atom is -0.744 e. The fourth-order valence-corrected chi connectivity index (χ4v) is 6.65. The number of anilines is 2. The second-order valence-electron chi connectivity index (χ2n) is 11.3. The summed E-state index contributed by atoms with van der Waals surface area (Å²) < 4.78 is 70.7. The van der Waals surface area contributed by atoms with Crippen molar-refractivity contribution < 1.29 is 95.0 Å². The molecule has 0 bridgehead atoms. The first kappa shape index (κ1) is 44.1. The Bertz CT molecular complexity index is 2230. The Morgan fingerprint density at radius 3 is 2.00 bits per heavy atom. The number of aryl methyl sites for hydroxylation is 2. The molecule has 258 valence electrons. The van der Waals surface area contributed by atoms with Crippen molar-refractivity contribution in [1.29, 1.82) is 0 Å². The van der Waals surface area contributed by atoms with Crippen molar-refractivity contribution in [3.63, 3.8) is 0 Å². The molecule has 0 saturated heterocycles. The molecule has 4 aromatic rings. The molecular weight excluding hydrogens is 721 g/mol. The molecule has 0 radical (unpaired) electrons. The zero-order valence-electron chi connectivity index (χ0n) is 28.6. The summed E-state index contributed by atoms with van der Waals surface area (Å²) in [6.07, 6.45) is 4.85. The van der Waals surface area contributed by atoms with Gasteiger partial charge in [-0.15, -0.1) is 5.11 Å². The Labute approximate surface area is 339 Å². The Kier molecular flexibility index (Phi) is 16.6. The van der Waals surface area contributed by atoms with Gasteiger partial charge in [0, 0.05) is 29.0 Å². The SMILES string of the molecule is Cc1cc(-c2ccc(NC(=O)CCCCCCCN=[N+]=[N-])c(C)c2)ccc1N=Nc1ccc2c(S(=O)(=O)[O-])cc(S(=O)(=O)[O-])c(N)c2c1O.[Na+].[Na+]. The number of amides is 1. The number of nitrogens with one attached hydrogen (secondary N) is 1. The number of aromatic hydroxyl groups is 1.